The van der Waals surface area contributed by atoms with Crippen molar-refractivity contribution in [3.63, 3.8) is 0 Å². The molecule has 1 saturated heterocycles. The number of nitrogens with two attached hydrogens (primary N) is 1. The van der Waals surface area contributed by atoms with Crippen LogP contribution in [0.3, 0.4) is 0 Å². The van der Waals surface area contributed by atoms with Gasteiger partial charge in [-0.05, 0) is 18.9 Å². The molecular weight excluding hydrogens is 226 g/mol. The fourth-order valence-corrected chi connectivity index (χ4v) is 2.56. The molecule has 0 saturated carbocycles. The summed E-state index contributed by atoms with van der Waals surface area (Å²) in [4.78, 5) is 15.5. The summed E-state index contributed by atoms with van der Waals surface area (Å²) in [6.07, 6.45) is 0.986. The summed E-state index contributed by atoms with van der Waals surface area (Å²) in [7, 11) is 0. The summed E-state index contributed by atoms with van der Waals surface area (Å²) < 4.78 is 0. The fraction of sp³-hybridized carbons (Fsp3) is 0.500. The average Bonchev–Trinajstić information content (AvgIpc) is 2.52. The zero-order valence-corrected chi connectivity index (χ0v) is 10.9. The maximum atomic E-state index is 11.3. The SMILES string of the molecule is CC1CN(Cc2ccccc2)CCCN1C(N)=O. The molecule has 2 rings (SSSR count). The van der Waals surface area contributed by atoms with Gasteiger partial charge in [0, 0.05) is 32.2 Å². The molecule has 1 fully saturated rings. The van der Waals surface area contributed by atoms with Crippen LogP contribution in [0, 0.1) is 0 Å². The van der Waals surface area contributed by atoms with E-state index in [1.54, 1.807) is 4.90 Å². The summed E-state index contributed by atoms with van der Waals surface area (Å²) in [5.41, 5.74) is 6.71. The number of carbonyl (C=O) groups excluding carboxylic acids is 1. The van der Waals surface area contributed by atoms with Crippen molar-refractivity contribution in [3.05, 3.63) is 35.9 Å². The molecule has 2 amide bonds. The molecule has 1 unspecified atom stereocenters. The lowest BCUT2D eigenvalue weighted by atomic mass is 10.2. The molecule has 18 heavy (non-hydrogen) atoms. The quantitative estimate of drug-likeness (QED) is 0.864. The Labute approximate surface area is 108 Å². The van der Waals surface area contributed by atoms with Crippen LogP contribution in [-0.4, -0.2) is 41.5 Å². The van der Waals surface area contributed by atoms with Gasteiger partial charge in [0.05, 0.1) is 0 Å². The number of nitrogens with zero attached hydrogens (tertiary/aromatic N) is 2. The van der Waals surface area contributed by atoms with Crippen LogP contribution in [-0.2, 0) is 6.54 Å². The average molecular weight is 247 g/mol. The highest BCUT2D eigenvalue weighted by molar-refractivity contribution is 5.72. The van der Waals surface area contributed by atoms with E-state index in [-0.39, 0.29) is 12.1 Å². The molecule has 0 radical (unpaired) electrons. The molecule has 1 heterocycles. The van der Waals surface area contributed by atoms with Crippen molar-refractivity contribution in [2.24, 2.45) is 5.73 Å². The maximum Gasteiger partial charge on any atom is 0.315 e. The molecule has 0 aliphatic carbocycles. The number of hydrogen-bond donors (Lipinski definition) is 1. The van der Waals surface area contributed by atoms with Gasteiger partial charge in [0.15, 0.2) is 0 Å². The minimum absolute atomic E-state index is 0.189. The summed E-state index contributed by atoms with van der Waals surface area (Å²) >= 11 is 0. The lowest BCUT2D eigenvalue weighted by Gasteiger charge is -2.27. The summed E-state index contributed by atoms with van der Waals surface area (Å²) in [6, 6.07) is 10.3. The Kier molecular flexibility index (Phi) is 4.20. The van der Waals surface area contributed by atoms with Crippen molar-refractivity contribution < 1.29 is 4.79 Å². The van der Waals surface area contributed by atoms with Crippen molar-refractivity contribution in [2.75, 3.05) is 19.6 Å². The molecule has 1 atom stereocenters. The van der Waals surface area contributed by atoms with Gasteiger partial charge in [-0.1, -0.05) is 30.3 Å². The molecule has 98 valence electrons. The second kappa shape index (κ2) is 5.87. The zero-order chi connectivity index (χ0) is 13.0. The Morgan fingerprint density at radius 2 is 2.06 bits per heavy atom. The van der Waals surface area contributed by atoms with Crippen LogP contribution < -0.4 is 5.73 Å². The largest absolute Gasteiger partial charge is 0.351 e. The van der Waals surface area contributed by atoms with Gasteiger partial charge >= 0.3 is 6.03 Å². The Morgan fingerprint density at radius 3 is 2.72 bits per heavy atom. The van der Waals surface area contributed by atoms with E-state index in [1.165, 1.54) is 5.56 Å². The highest BCUT2D eigenvalue weighted by Gasteiger charge is 2.23. The van der Waals surface area contributed by atoms with Gasteiger partial charge in [0.25, 0.3) is 0 Å². The predicted molar refractivity (Wildman–Crippen MR) is 72.1 cm³/mol. The number of benzene rings is 1. The minimum Gasteiger partial charge on any atom is -0.351 e. The summed E-state index contributed by atoms with van der Waals surface area (Å²) in [6.45, 7) is 5.68. The first-order valence-electron chi connectivity index (χ1n) is 6.49. The molecular formula is C14H21N3O. The van der Waals surface area contributed by atoms with Crippen LogP contribution in [0.15, 0.2) is 30.3 Å². The highest BCUT2D eigenvalue weighted by atomic mass is 16.2. The number of primary amides is 1. The van der Waals surface area contributed by atoms with Gasteiger partial charge in [-0.25, -0.2) is 4.79 Å². The molecule has 0 bridgehead atoms. The van der Waals surface area contributed by atoms with Gasteiger partial charge < -0.3 is 10.6 Å². The molecule has 4 nitrogen and oxygen atoms in total. The molecule has 1 aromatic rings. The van der Waals surface area contributed by atoms with Crippen molar-refractivity contribution in [1.82, 2.24) is 9.80 Å². The van der Waals surface area contributed by atoms with Gasteiger partial charge in [0.1, 0.15) is 0 Å². The lowest BCUT2D eigenvalue weighted by Crippen LogP contribution is -2.45. The lowest BCUT2D eigenvalue weighted by molar-refractivity contribution is 0.181. The fourth-order valence-electron chi connectivity index (χ4n) is 2.56. The topological polar surface area (TPSA) is 49.6 Å². The van der Waals surface area contributed by atoms with Crippen molar-refractivity contribution in [2.45, 2.75) is 25.9 Å². The predicted octanol–water partition coefficient (Wildman–Crippen LogP) is 1.66. The number of rotatable bonds is 2. The molecule has 1 aromatic carbocycles. The summed E-state index contributed by atoms with van der Waals surface area (Å²) in [5.74, 6) is 0. The minimum atomic E-state index is -0.302. The van der Waals surface area contributed by atoms with E-state index in [0.29, 0.717) is 0 Å². The molecule has 1 aliphatic rings. The van der Waals surface area contributed by atoms with Gasteiger partial charge in [0.2, 0.25) is 0 Å². The third-order valence-electron chi connectivity index (χ3n) is 3.46. The second-order valence-electron chi connectivity index (χ2n) is 4.95. The van der Waals surface area contributed by atoms with E-state index in [9.17, 15) is 4.79 Å². The summed E-state index contributed by atoms with van der Waals surface area (Å²) in [5, 5.41) is 0. The first-order chi connectivity index (χ1) is 8.66. The Hall–Kier alpha value is -1.55. The van der Waals surface area contributed by atoms with E-state index < -0.39 is 0 Å². The molecule has 2 N–H and O–H groups in total. The van der Waals surface area contributed by atoms with Gasteiger partial charge in [-0.15, -0.1) is 0 Å². The third kappa shape index (κ3) is 3.23. The normalized spacial score (nSPS) is 21.6. The van der Waals surface area contributed by atoms with Crippen LogP contribution in [0.4, 0.5) is 4.79 Å². The van der Waals surface area contributed by atoms with E-state index in [2.05, 4.69) is 36.1 Å². The molecule has 4 heteroatoms. The Bertz CT molecular complexity index is 393. The highest BCUT2D eigenvalue weighted by Crippen LogP contribution is 2.12. The van der Waals surface area contributed by atoms with Crippen LogP contribution in [0.2, 0.25) is 0 Å². The van der Waals surface area contributed by atoms with E-state index >= 15 is 0 Å². The van der Waals surface area contributed by atoms with Crippen LogP contribution in [0.1, 0.15) is 18.9 Å². The second-order valence-corrected chi connectivity index (χ2v) is 4.95. The Morgan fingerprint density at radius 1 is 1.33 bits per heavy atom. The molecule has 0 aromatic heterocycles. The van der Waals surface area contributed by atoms with Gasteiger partial charge in [-0.3, -0.25) is 4.90 Å². The van der Waals surface area contributed by atoms with E-state index in [0.717, 1.165) is 32.6 Å². The zero-order valence-electron chi connectivity index (χ0n) is 10.9. The van der Waals surface area contributed by atoms with E-state index in [1.807, 2.05) is 6.07 Å². The Balaban J connectivity index is 1.97. The van der Waals surface area contributed by atoms with Crippen molar-refractivity contribution >= 4 is 6.03 Å². The van der Waals surface area contributed by atoms with Crippen molar-refractivity contribution in [1.29, 1.82) is 0 Å². The standard InChI is InChI=1S/C14H21N3O/c1-12-10-16(8-5-9-17(12)14(15)18)11-13-6-3-2-4-7-13/h2-4,6-7,12H,5,8-11H2,1H3,(H2,15,18). The third-order valence-corrected chi connectivity index (χ3v) is 3.46. The number of amides is 2. The smallest absolute Gasteiger partial charge is 0.315 e. The number of carbonyl (C=O) groups is 1. The van der Waals surface area contributed by atoms with E-state index in [4.69, 9.17) is 5.73 Å². The van der Waals surface area contributed by atoms with Crippen LogP contribution >= 0.6 is 0 Å². The van der Waals surface area contributed by atoms with Crippen LogP contribution in [0.5, 0.6) is 0 Å². The van der Waals surface area contributed by atoms with Crippen molar-refractivity contribution in [3.8, 4) is 0 Å². The van der Waals surface area contributed by atoms with Crippen LogP contribution in [0.25, 0.3) is 0 Å². The first-order valence-corrected chi connectivity index (χ1v) is 6.49. The monoisotopic (exact) mass is 247 g/mol. The molecule has 0 spiro atoms. The molecule has 1 aliphatic heterocycles. The number of hydrogen-bond acceptors (Lipinski definition) is 2. The maximum absolute atomic E-state index is 11.3. The number of urea groups is 1. The first kappa shape index (κ1) is 12.9. The van der Waals surface area contributed by atoms with Gasteiger partial charge in [-0.2, -0.15) is 0 Å².